The van der Waals surface area contributed by atoms with Gasteiger partial charge in [0.15, 0.2) is 0 Å². The number of carbonyl (C=O) groups is 1. The Morgan fingerprint density at radius 1 is 1.09 bits per heavy atom. The van der Waals surface area contributed by atoms with Gasteiger partial charge in [0.2, 0.25) is 15.9 Å². The lowest BCUT2D eigenvalue weighted by atomic mass is 9.93. The minimum Gasteiger partial charge on any atom is -0.496 e. The number of benzene rings is 2. The third kappa shape index (κ3) is 6.61. The van der Waals surface area contributed by atoms with Crippen LogP contribution in [-0.4, -0.2) is 33.7 Å². The molecule has 0 aromatic heterocycles. The van der Waals surface area contributed by atoms with Gasteiger partial charge in [0.25, 0.3) is 0 Å². The monoisotopic (exact) mass is 534 g/mol. The van der Waals surface area contributed by atoms with Crippen LogP contribution in [0.5, 0.6) is 5.75 Å². The fourth-order valence-corrected chi connectivity index (χ4v) is 5.29. The molecule has 0 aliphatic carbocycles. The van der Waals surface area contributed by atoms with Gasteiger partial charge in [0.05, 0.1) is 35.7 Å². The molecule has 0 saturated heterocycles. The summed E-state index contributed by atoms with van der Waals surface area (Å²) in [6, 6.07) is 4.67. The van der Waals surface area contributed by atoms with Crippen LogP contribution in [0.3, 0.4) is 0 Å². The Morgan fingerprint density at radius 3 is 2.17 bits per heavy atom. The zero-order chi connectivity index (χ0) is 26.9. The number of methoxy groups -OCH3 is 1. The van der Waals surface area contributed by atoms with E-state index < -0.39 is 44.8 Å². The third-order valence-corrected chi connectivity index (χ3v) is 7.24. The van der Waals surface area contributed by atoms with Gasteiger partial charge in [0.1, 0.15) is 11.8 Å². The van der Waals surface area contributed by atoms with E-state index in [0.717, 1.165) is 40.8 Å². The van der Waals surface area contributed by atoms with Crippen molar-refractivity contribution in [2.75, 3.05) is 17.7 Å². The number of amides is 1. The van der Waals surface area contributed by atoms with Crippen LogP contribution >= 0.6 is 11.6 Å². The smallest absolute Gasteiger partial charge is 0.417 e. The molecule has 0 heterocycles. The number of nitrogens with one attached hydrogen (secondary N) is 1. The predicted octanol–water partition coefficient (Wildman–Crippen LogP) is 5.83. The van der Waals surface area contributed by atoms with Crippen molar-refractivity contribution in [3.8, 4) is 5.75 Å². The van der Waals surface area contributed by atoms with Crippen molar-refractivity contribution in [1.29, 1.82) is 0 Å². The van der Waals surface area contributed by atoms with Crippen LogP contribution in [0.4, 0.5) is 18.9 Å². The summed E-state index contributed by atoms with van der Waals surface area (Å²) in [5, 5.41) is 2.21. The molecule has 2 atom stereocenters. The van der Waals surface area contributed by atoms with E-state index in [1.165, 1.54) is 6.92 Å². The average molecular weight is 535 g/mol. The molecule has 1 N–H and O–H groups in total. The van der Waals surface area contributed by atoms with Gasteiger partial charge in [-0.3, -0.25) is 9.10 Å². The van der Waals surface area contributed by atoms with Crippen molar-refractivity contribution in [1.82, 2.24) is 5.32 Å². The number of nitrogens with zero attached hydrogens (tertiary/aromatic N) is 1. The Labute approximate surface area is 209 Å². The van der Waals surface area contributed by atoms with Gasteiger partial charge in [-0.05, 0) is 73.7 Å². The number of sulfonamides is 1. The molecule has 1 amide bonds. The highest BCUT2D eigenvalue weighted by atomic mass is 35.5. The van der Waals surface area contributed by atoms with Gasteiger partial charge in [0, 0.05) is 0 Å². The number of hydrogen-bond acceptors (Lipinski definition) is 4. The highest BCUT2D eigenvalue weighted by Crippen LogP contribution is 2.38. The number of carbonyl (C=O) groups excluding carboxylic acids is 1. The highest BCUT2D eigenvalue weighted by Gasteiger charge is 2.36. The molecular weight excluding hydrogens is 505 g/mol. The molecule has 0 bridgehead atoms. The Kier molecular flexibility index (Phi) is 8.76. The van der Waals surface area contributed by atoms with E-state index >= 15 is 0 Å². The molecule has 6 nitrogen and oxygen atoms in total. The average Bonchev–Trinajstić information content (AvgIpc) is 2.72. The highest BCUT2D eigenvalue weighted by molar-refractivity contribution is 7.92. The normalized spacial score (nSPS) is 13.9. The summed E-state index contributed by atoms with van der Waals surface area (Å²) in [6.45, 7) is 8.94. The number of ether oxygens (including phenoxy) is 1. The molecule has 0 radical (unpaired) electrons. The van der Waals surface area contributed by atoms with Crippen LogP contribution in [0.15, 0.2) is 30.3 Å². The molecule has 2 rings (SSSR count). The van der Waals surface area contributed by atoms with E-state index in [0.29, 0.717) is 10.4 Å². The summed E-state index contributed by atoms with van der Waals surface area (Å²) < 4.78 is 71.2. The number of halogens is 4. The first-order chi connectivity index (χ1) is 16.0. The standard InChI is InChI=1S/C24H30ClF3N2O4S/c1-13(2)18-12-19(14(3)10-22(18)34-6)15(4)29-23(31)16(5)30(35(7,32)33)17-8-9-21(25)20(11-17)24(26,27)28/h8-13,15-16H,1-7H3,(H,29,31)/t15-,16+/m1/s1. The molecule has 0 aliphatic rings. The molecule has 0 spiro atoms. The fourth-order valence-electron chi connectivity index (χ4n) is 3.90. The zero-order valence-electron chi connectivity index (χ0n) is 20.6. The summed E-state index contributed by atoms with van der Waals surface area (Å²) in [5.41, 5.74) is 1.11. The molecule has 2 aromatic rings. The summed E-state index contributed by atoms with van der Waals surface area (Å²) in [7, 11) is -2.55. The van der Waals surface area contributed by atoms with Crippen molar-refractivity contribution in [3.05, 3.63) is 57.6 Å². The molecule has 2 aromatic carbocycles. The summed E-state index contributed by atoms with van der Waals surface area (Å²) in [4.78, 5) is 13.1. The van der Waals surface area contributed by atoms with Crippen LogP contribution in [0, 0.1) is 6.92 Å². The van der Waals surface area contributed by atoms with Crippen LogP contribution < -0.4 is 14.4 Å². The summed E-state index contributed by atoms with van der Waals surface area (Å²) >= 11 is 5.67. The Morgan fingerprint density at radius 2 is 1.69 bits per heavy atom. The van der Waals surface area contributed by atoms with Gasteiger partial charge in [-0.15, -0.1) is 0 Å². The number of aryl methyl sites for hydroxylation is 1. The van der Waals surface area contributed by atoms with Crippen molar-refractivity contribution in [2.45, 2.75) is 58.8 Å². The van der Waals surface area contributed by atoms with Crippen LogP contribution in [0.1, 0.15) is 61.9 Å². The van der Waals surface area contributed by atoms with Crippen molar-refractivity contribution in [2.24, 2.45) is 0 Å². The Hall–Kier alpha value is -2.46. The number of rotatable bonds is 8. The maximum atomic E-state index is 13.3. The van der Waals surface area contributed by atoms with Gasteiger partial charge >= 0.3 is 6.18 Å². The third-order valence-electron chi connectivity index (χ3n) is 5.66. The van der Waals surface area contributed by atoms with E-state index in [4.69, 9.17) is 16.3 Å². The second-order valence-corrected chi connectivity index (χ2v) is 11.0. The molecule has 0 aliphatic heterocycles. The number of anilines is 1. The van der Waals surface area contributed by atoms with Crippen molar-refractivity contribution >= 4 is 33.2 Å². The fraction of sp³-hybridized carbons (Fsp3) is 0.458. The second-order valence-electron chi connectivity index (χ2n) is 8.73. The maximum Gasteiger partial charge on any atom is 0.417 e. The molecule has 0 unspecified atom stereocenters. The van der Waals surface area contributed by atoms with E-state index in [1.54, 1.807) is 14.0 Å². The van der Waals surface area contributed by atoms with Gasteiger partial charge < -0.3 is 10.1 Å². The van der Waals surface area contributed by atoms with Crippen LogP contribution in [-0.2, 0) is 21.0 Å². The van der Waals surface area contributed by atoms with Crippen molar-refractivity contribution in [3.63, 3.8) is 0 Å². The van der Waals surface area contributed by atoms with E-state index in [-0.39, 0.29) is 11.6 Å². The minimum absolute atomic E-state index is 0.152. The van der Waals surface area contributed by atoms with Crippen LogP contribution in [0.2, 0.25) is 5.02 Å². The molecule has 0 saturated carbocycles. The van der Waals surface area contributed by atoms with E-state index in [9.17, 15) is 26.4 Å². The topological polar surface area (TPSA) is 75.7 Å². The number of hydrogen-bond donors (Lipinski definition) is 1. The molecular formula is C24H30ClF3N2O4S. The molecule has 194 valence electrons. The molecule has 0 fully saturated rings. The first-order valence-electron chi connectivity index (χ1n) is 10.8. The number of alkyl halides is 3. The van der Waals surface area contributed by atoms with Crippen LogP contribution in [0.25, 0.3) is 0 Å². The Bertz CT molecular complexity index is 1200. The SMILES string of the molecule is COc1cc(C)c([C@@H](C)NC(=O)[C@H](C)N(c2ccc(Cl)c(C(F)(F)F)c2)S(C)(=O)=O)cc1C(C)C. The quantitative estimate of drug-likeness (QED) is 0.462. The lowest BCUT2D eigenvalue weighted by Gasteiger charge is -2.30. The molecule has 35 heavy (non-hydrogen) atoms. The second kappa shape index (κ2) is 10.7. The lowest BCUT2D eigenvalue weighted by Crippen LogP contribution is -2.48. The molecule has 11 heteroatoms. The first-order valence-corrected chi connectivity index (χ1v) is 13.1. The summed E-state index contributed by atoms with van der Waals surface area (Å²) in [5.74, 6) is 0.201. The van der Waals surface area contributed by atoms with Crippen molar-refractivity contribution < 1.29 is 31.1 Å². The van der Waals surface area contributed by atoms with Gasteiger partial charge in [-0.25, -0.2) is 8.42 Å². The maximum absolute atomic E-state index is 13.3. The van der Waals surface area contributed by atoms with Gasteiger partial charge in [-0.1, -0.05) is 25.4 Å². The largest absolute Gasteiger partial charge is 0.496 e. The summed E-state index contributed by atoms with van der Waals surface area (Å²) in [6.07, 6.45) is -3.97. The minimum atomic E-state index is -4.80. The predicted molar refractivity (Wildman–Crippen MR) is 132 cm³/mol. The Balaban J connectivity index is 2.42. The van der Waals surface area contributed by atoms with Gasteiger partial charge in [-0.2, -0.15) is 13.2 Å². The lowest BCUT2D eigenvalue weighted by molar-refractivity contribution is -0.137. The van der Waals surface area contributed by atoms with E-state index in [1.807, 2.05) is 32.9 Å². The first kappa shape index (κ1) is 28.8. The van der Waals surface area contributed by atoms with E-state index in [2.05, 4.69) is 5.32 Å². The zero-order valence-corrected chi connectivity index (χ0v) is 22.2.